The van der Waals surface area contributed by atoms with Crippen molar-refractivity contribution < 1.29 is 14.3 Å². The Kier molecular flexibility index (Phi) is 7.00. The zero-order valence-electron chi connectivity index (χ0n) is 15.6. The number of hydrogen-bond acceptors (Lipinski definition) is 3. The average molecular weight is 332 g/mol. The molecule has 0 aromatic heterocycles. The van der Waals surface area contributed by atoms with Crippen LogP contribution in [0.15, 0.2) is 35.5 Å². The van der Waals surface area contributed by atoms with E-state index in [1.165, 1.54) is 11.1 Å². The first-order valence-electron chi connectivity index (χ1n) is 9.23. The summed E-state index contributed by atoms with van der Waals surface area (Å²) in [7, 11) is 0. The van der Waals surface area contributed by atoms with Crippen LogP contribution in [0.3, 0.4) is 0 Å². The summed E-state index contributed by atoms with van der Waals surface area (Å²) in [6.07, 6.45) is 12.6. The van der Waals surface area contributed by atoms with Gasteiger partial charge in [-0.1, -0.05) is 37.1 Å². The Morgan fingerprint density at radius 3 is 2.50 bits per heavy atom. The van der Waals surface area contributed by atoms with Gasteiger partial charge in [0.2, 0.25) is 0 Å². The molecule has 0 radical (unpaired) electrons. The van der Waals surface area contributed by atoms with Gasteiger partial charge < -0.3 is 9.47 Å². The molecule has 134 valence electrons. The van der Waals surface area contributed by atoms with Gasteiger partial charge in [0, 0.05) is 0 Å². The molecule has 1 saturated heterocycles. The quantitative estimate of drug-likeness (QED) is 0.635. The van der Waals surface area contributed by atoms with E-state index in [1.807, 2.05) is 6.08 Å². The molecule has 0 bridgehead atoms. The van der Waals surface area contributed by atoms with E-state index in [-0.39, 0.29) is 12.2 Å². The number of ketones is 1. The summed E-state index contributed by atoms with van der Waals surface area (Å²) in [5.74, 6) is 0.182. The van der Waals surface area contributed by atoms with Crippen LogP contribution in [0.2, 0.25) is 0 Å². The van der Waals surface area contributed by atoms with Gasteiger partial charge in [-0.15, -0.1) is 0 Å². The summed E-state index contributed by atoms with van der Waals surface area (Å²) in [5, 5.41) is 0. The summed E-state index contributed by atoms with van der Waals surface area (Å²) < 4.78 is 11.6. The molecular weight excluding hydrogens is 300 g/mol. The fourth-order valence-electron chi connectivity index (χ4n) is 3.38. The van der Waals surface area contributed by atoms with E-state index in [0.717, 1.165) is 25.7 Å². The van der Waals surface area contributed by atoms with Crippen LogP contribution in [0.25, 0.3) is 0 Å². The maximum absolute atomic E-state index is 12.5. The standard InChI is InChI=1S/C21H32O3/c1-16(2)19-9-8-17(3)6-5-7-18(4)14-21(23-12-13-24-21)15-20(22)11-10-19/h6,10-11,14,16,19H,5,7-9,12-13,15H2,1-4H3/b11-10-,17-6+,18-14+. The van der Waals surface area contributed by atoms with Crippen LogP contribution in [0.4, 0.5) is 0 Å². The van der Waals surface area contributed by atoms with Crippen molar-refractivity contribution >= 4 is 5.78 Å². The van der Waals surface area contributed by atoms with Crippen molar-refractivity contribution in [3.05, 3.63) is 35.5 Å². The molecule has 3 nitrogen and oxygen atoms in total. The second kappa shape index (κ2) is 8.77. The highest BCUT2D eigenvalue weighted by Gasteiger charge is 2.36. The molecule has 0 aromatic carbocycles. The number of allylic oxidation sites excluding steroid dienone is 5. The molecule has 1 aliphatic heterocycles. The van der Waals surface area contributed by atoms with Gasteiger partial charge in [0.25, 0.3) is 0 Å². The van der Waals surface area contributed by atoms with E-state index in [0.29, 0.717) is 25.0 Å². The van der Waals surface area contributed by atoms with Crippen LogP contribution in [-0.2, 0) is 14.3 Å². The maximum Gasteiger partial charge on any atom is 0.195 e. The van der Waals surface area contributed by atoms with Crippen molar-refractivity contribution in [3.8, 4) is 0 Å². The normalized spacial score (nSPS) is 32.0. The summed E-state index contributed by atoms with van der Waals surface area (Å²) in [5.41, 5.74) is 2.66. The van der Waals surface area contributed by atoms with E-state index >= 15 is 0 Å². The predicted molar refractivity (Wildman–Crippen MR) is 97.7 cm³/mol. The van der Waals surface area contributed by atoms with Crippen LogP contribution < -0.4 is 0 Å². The number of carbonyl (C=O) groups is 1. The van der Waals surface area contributed by atoms with Gasteiger partial charge >= 0.3 is 0 Å². The van der Waals surface area contributed by atoms with Crippen molar-refractivity contribution in [1.29, 1.82) is 0 Å². The molecule has 3 heteroatoms. The third-order valence-corrected chi connectivity index (χ3v) is 4.95. The van der Waals surface area contributed by atoms with E-state index in [4.69, 9.17) is 9.47 Å². The van der Waals surface area contributed by atoms with Crippen LogP contribution in [0, 0.1) is 11.8 Å². The average Bonchev–Trinajstić information content (AvgIpc) is 2.93. The molecule has 24 heavy (non-hydrogen) atoms. The largest absolute Gasteiger partial charge is 0.344 e. The highest BCUT2D eigenvalue weighted by Crippen LogP contribution is 2.29. The molecular formula is C21H32O3. The Labute approximate surface area is 146 Å². The molecule has 1 fully saturated rings. The molecule has 0 N–H and O–H groups in total. The van der Waals surface area contributed by atoms with Gasteiger partial charge in [-0.25, -0.2) is 0 Å². The van der Waals surface area contributed by atoms with E-state index in [9.17, 15) is 4.79 Å². The second-order valence-electron chi connectivity index (χ2n) is 7.54. The first-order chi connectivity index (χ1) is 11.4. The van der Waals surface area contributed by atoms with Gasteiger partial charge in [-0.05, 0) is 63.5 Å². The molecule has 0 aromatic rings. The SMILES string of the molecule is C/C1=C\C2(CC(=O)/C=C\C(C(C)C)CC/C(C)=C/CC1)OCCO2. The van der Waals surface area contributed by atoms with Crippen molar-refractivity contribution in [2.24, 2.45) is 11.8 Å². The highest BCUT2D eigenvalue weighted by molar-refractivity contribution is 5.90. The topological polar surface area (TPSA) is 35.5 Å². The summed E-state index contributed by atoms with van der Waals surface area (Å²) in [4.78, 5) is 12.5. The zero-order valence-corrected chi connectivity index (χ0v) is 15.6. The molecule has 1 spiro atoms. The lowest BCUT2D eigenvalue weighted by Gasteiger charge is -2.24. The summed E-state index contributed by atoms with van der Waals surface area (Å²) in [6, 6.07) is 0. The fraction of sp³-hybridized carbons (Fsp3) is 0.667. The van der Waals surface area contributed by atoms with E-state index in [2.05, 4.69) is 39.8 Å². The second-order valence-corrected chi connectivity index (χ2v) is 7.54. The first-order valence-corrected chi connectivity index (χ1v) is 9.23. The number of carbonyl (C=O) groups excluding carboxylic acids is 1. The van der Waals surface area contributed by atoms with Gasteiger partial charge in [0.15, 0.2) is 11.6 Å². The van der Waals surface area contributed by atoms with Gasteiger partial charge in [0.1, 0.15) is 0 Å². The highest BCUT2D eigenvalue weighted by atomic mass is 16.7. The van der Waals surface area contributed by atoms with E-state index in [1.54, 1.807) is 6.08 Å². The lowest BCUT2D eigenvalue weighted by Crippen LogP contribution is -2.30. The summed E-state index contributed by atoms with van der Waals surface area (Å²) in [6.45, 7) is 9.85. The predicted octanol–water partition coefficient (Wildman–Crippen LogP) is 4.98. The van der Waals surface area contributed by atoms with Crippen LogP contribution in [0.1, 0.15) is 59.8 Å². The van der Waals surface area contributed by atoms with Crippen LogP contribution in [-0.4, -0.2) is 24.8 Å². The Bertz CT molecular complexity index is 519. The molecule has 0 saturated carbocycles. The Morgan fingerprint density at radius 2 is 1.83 bits per heavy atom. The Morgan fingerprint density at radius 1 is 1.12 bits per heavy atom. The number of hydrogen-bond donors (Lipinski definition) is 0. The molecule has 2 aliphatic rings. The molecule has 0 amide bonds. The minimum atomic E-state index is -0.859. The molecule has 2 rings (SSSR count). The molecule has 1 unspecified atom stereocenters. The third kappa shape index (κ3) is 5.71. The van der Waals surface area contributed by atoms with Crippen molar-refractivity contribution in [1.82, 2.24) is 0 Å². The van der Waals surface area contributed by atoms with Gasteiger partial charge in [0.05, 0.1) is 19.6 Å². The lowest BCUT2D eigenvalue weighted by molar-refractivity contribution is -0.141. The third-order valence-electron chi connectivity index (χ3n) is 4.95. The fourth-order valence-corrected chi connectivity index (χ4v) is 3.38. The van der Waals surface area contributed by atoms with Gasteiger partial charge in [-0.3, -0.25) is 4.79 Å². The van der Waals surface area contributed by atoms with Crippen molar-refractivity contribution in [2.45, 2.75) is 65.6 Å². The van der Waals surface area contributed by atoms with Crippen LogP contribution >= 0.6 is 0 Å². The van der Waals surface area contributed by atoms with E-state index < -0.39 is 5.79 Å². The Hall–Kier alpha value is -1.19. The van der Waals surface area contributed by atoms with Crippen LogP contribution in [0.5, 0.6) is 0 Å². The molecule has 1 atom stereocenters. The minimum Gasteiger partial charge on any atom is -0.344 e. The minimum absolute atomic E-state index is 0.0796. The zero-order chi connectivity index (χ0) is 17.6. The first kappa shape index (κ1) is 19.1. The number of ether oxygens (including phenoxy) is 2. The van der Waals surface area contributed by atoms with Crippen molar-refractivity contribution in [3.63, 3.8) is 0 Å². The van der Waals surface area contributed by atoms with Gasteiger partial charge in [-0.2, -0.15) is 0 Å². The van der Waals surface area contributed by atoms with Crippen molar-refractivity contribution in [2.75, 3.05) is 13.2 Å². The molecule has 1 aliphatic carbocycles. The molecule has 1 heterocycles. The Balaban J connectivity index is 2.24. The maximum atomic E-state index is 12.5. The monoisotopic (exact) mass is 332 g/mol. The smallest absolute Gasteiger partial charge is 0.195 e. The number of rotatable bonds is 1. The lowest BCUT2D eigenvalue weighted by atomic mass is 9.88. The summed E-state index contributed by atoms with van der Waals surface area (Å²) >= 11 is 0.